The van der Waals surface area contributed by atoms with E-state index in [1.165, 1.54) is 11.0 Å². The van der Waals surface area contributed by atoms with Gasteiger partial charge in [-0.1, -0.05) is 18.2 Å². The van der Waals surface area contributed by atoms with Crippen molar-refractivity contribution in [2.75, 3.05) is 37.6 Å². The lowest BCUT2D eigenvalue weighted by atomic mass is 10.2. The molecule has 0 spiro atoms. The number of aromatic hydroxyl groups is 1. The molecule has 25 heavy (non-hydrogen) atoms. The van der Waals surface area contributed by atoms with Gasteiger partial charge in [0.25, 0.3) is 5.91 Å². The van der Waals surface area contributed by atoms with Crippen molar-refractivity contribution in [3.63, 3.8) is 0 Å². The smallest absolute Gasteiger partial charge is 0.275 e. The summed E-state index contributed by atoms with van der Waals surface area (Å²) in [7, 11) is 0. The van der Waals surface area contributed by atoms with E-state index in [1.807, 2.05) is 12.1 Å². The third-order valence-electron chi connectivity index (χ3n) is 4.53. The second kappa shape index (κ2) is 7.98. The highest BCUT2D eigenvalue weighted by Gasteiger charge is 2.22. The van der Waals surface area contributed by atoms with Gasteiger partial charge in [0.05, 0.1) is 26.2 Å². The van der Waals surface area contributed by atoms with Crippen molar-refractivity contribution in [1.29, 1.82) is 0 Å². The number of carbonyl (C=O) groups is 1. The second-order valence-electron chi connectivity index (χ2n) is 6.30. The van der Waals surface area contributed by atoms with Gasteiger partial charge in [0.15, 0.2) is 6.54 Å². The zero-order chi connectivity index (χ0) is 17.6. The maximum Gasteiger partial charge on any atom is 0.275 e. The van der Waals surface area contributed by atoms with Crippen LogP contribution in [0.4, 0.5) is 10.1 Å². The van der Waals surface area contributed by atoms with Crippen LogP contribution in [0.3, 0.4) is 0 Å². The number of nitrogens with one attached hydrogen (secondary N) is 2. The molecule has 1 aliphatic rings. The van der Waals surface area contributed by atoms with E-state index in [-0.39, 0.29) is 24.0 Å². The van der Waals surface area contributed by atoms with Crippen LogP contribution in [-0.4, -0.2) is 43.7 Å². The van der Waals surface area contributed by atoms with Gasteiger partial charge < -0.3 is 20.2 Å². The Kier molecular flexibility index (Phi) is 5.50. The van der Waals surface area contributed by atoms with Crippen LogP contribution >= 0.6 is 0 Å². The highest BCUT2D eigenvalue weighted by atomic mass is 19.1. The third-order valence-corrected chi connectivity index (χ3v) is 4.53. The van der Waals surface area contributed by atoms with Crippen molar-refractivity contribution >= 4 is 11.6 Å². The van der Waals surface area contributed by atoms with Gasteiger partial charge in [-0.25, -0.2) is 4.39 Å². The Morgan fingerprint density at radius 3 is 2.48 bits per heavy atom. The molecule has 0 bridgehead atoms. The minimum Gasteiger partial charge on any atom is -0.508 e. The van der Waals surface area contributed by atoms with Crippen LogP contribution in [0.15, 0.2) is 48.5 Å². The molecular formula is C19H23FN3O2+. The van der Waals surface area contributed by atoms with Gasteiger partial charge in [0, 0.05) is 17.8 Å². The summed E-state index contributed by atoms with van der Waals surface area (Å²) in [5, 5.41) is 12.2. The highest BCUT2D eigenvalue weighted by molar-refractivity contribution is 5.76. The van der Waals surface area contributed by atoms with Crippen LogP contribution in [0.5, 0.6) is 5.75 Å². The number of carbonyl (C=O) groups excluding carboxylic acids is 1. The van der Waals surface area contributed by atoms with Gasteiger partial charge in [-0.3, -0.25) is 4.79 Å². The SMILES string of the molecule is O=C(C[NH+]1CCN(c2ccc(O)cc2)CC1)NCc1ccccc1F. The Morgan fingerprint density at radius 1 is 1.12 bits per heavy atom. The van der Waals surface area contributed by atoms with Gasteiger partial charge in [-0.05, 0) is 30.3 Å². The molecule has 1 aliphatic heterocycles. The molecule has 2 aromatic rings. The minimum absolute atomic E-state index is 0.0589. The predicted molar refractivity (Wildman–Crippen MR) is 94.1 cm³/mol. The lowest BCUT2D eigenvalue weighted by Gasteiger charge is -2.33. The van der Waals surface area contributed by atoms with Crippen LogP contribution < -0.4 is 15.1 Å². The molecule has 1 amide bonds. The second-order valence-corrected chi connectivity index (χ2v) is 6.30. The van der Waals surface area contributed by atoms with Gasteiger partial charge in [0.1, 0.15) is 11.6 Å². The molecule has 5 nitrogen and oxygen atoms in total. The van der Waals surface area contributed by atoms with Crippen LogP contribution in [0, 0.1) is 5.82 Å². The highest BCUT2D eigenvalue weighted by Crippen LogP contribution is 2.18. The van der Waals surface area contributed by atoms with Gasteiger partial charge >= 0.3 is 0 Å². The minimum atomic E-state index is -0.294. The van der Waals surface area contributed by atoms with E-state index >= 15 is 0 Å². The molecule has 0 radical (unpaired) electrons. The van der Waals surface area contributed by atoms with E-state index in [1.54, 1.807) is 30.3 Å². The fourth-order valence-electron chi connectivity index (χ4n) is 3.05. The predicted octanol–water partition coefficient (Wildman–Crippen LogP) is 0.553. The maximum atomic E-state index is 13.6. The van der Waals surface area contributed by atoms with Crippen molar-refractivity contribution in [2.24, 2.45) is 0 Å². The molecule has 6 heteroatoms. The zero-order valence-electron chi connectivity index (χ0n) is 14.0. The number of halogens is 1. The Bertz CT molecular complexity index is 713. The van der Waals surface area contributed by atoms with E-state index < -0.39 is 0 Å². The summed E-state index contributed by atoms with van der Waals surface area (Å²) in [6.45, 7) is 4.08. The van der Waals surface area contributed by atoms with Crippen LogP contribution in [0.25, 0.3) is 0 Å². The molecule has 3 rings (SSSR count). The first-order valence-corrected chi connectivity index (χ1v) is 8.49. The first-order valence-electron chi connectivity index (χ1n) is 8.49. The molecule has 1 saturated heterocycles. The number of piperazine rings is 1. The topological polar surface area (TPSA) is 57.0 Å². The Morgan fingerprint density at radius 2 is 1.80 bits per heavy atom. The van der Waals surface area contributed by atoms with E-state index in [0.717, 1.165) is 31.9 Å². The molecule has 132 valence electrons. The summed E-state index contributed by atoms with van der Waals surface area (Å²) >= 11 is 0. The monoisotopic (exact) mass is 344 g/mol. The number of nitrogens with zero attached hydrogens (tertiary/aromatic N) is 1. The number of anilines is 1. The maximum absolute atomic E-state index is 13.6. The molecule has 1 fully saturated rings. The molecule has 0 aliphatic carbocycles. The van der Waals surface area contributed by atoms with E-state index in [9.17, 15) is 14.3 Å². The van der Waals surface area contributed by atoms with Crippen molar-refractivity contribution in [3.8, 4) is 5.75 Å². The van der Waals surface area contributed by atoms with Gasteiger partial charge in [-0.2, -0.15) is 0 Å². The first kappa shape index (κ1) is 17.2. The summed E-state index contributed by atoms with van der Waals surface area (Å²) in [6.07, 6.45) is 0. The molecule has 3 N–H and O–H groups in total. The first-order chi connectivity index (χ1) is 12.1. The Balaban J connectivity index is 1.43. The average Bonchev–Trinajstić information content (AvgIpc) is 2.62. The normalized spacial score (nSPS) is 15.2. The van der Waals surface area contributed by atoms with E-state index in [2.05, 4.69) is 10.2 Å². The summed E-state index contributed by atoms with van der Waals surface area (Å²) in [4.78, 5) is 15.6. The summed E-state index contributed by atoms with van der Waals surface area (Å²) in [6, 6.07) is 13.7. The fourth-order valence-corrected chi connectivity index (χ4v) is 3.05. The number of quaternary nitrogens is 1. The van der Waals surface area contributed by atoms with E-state index in [4.69, 9.17) is 0 Å². The van der Waals surface area contributed by atoms with E-state index in [0.29, 0.717) is 12.1 Å². The van der Waals surface area contributed by atoms with Crippen LogP contribution in [0.2, 0.25) is 0 Å². The largest absolute Gasteiger partial charge is 0.508 e. The summed E-state index contributed by atoms with van der Waals surface area (Å²) < 4.78 is 13.6. The van der Waals surface area contributed by atoms with Crippen molar-refractivity contribution in [1.82, 2.24) is 5.32 Å². The number of hydrogen-bond acceptors (Lipinski definition) is 3. The molecule has 2 aromatic carbocycles. The standard InChI is InChI=1S/C19H22FN3O2/c20-18-4-2-1-3-15(18)13-21-19(25)14-22-9-11-23(12-10-22)16-5-7-17(24)8-6-16/h1-8,24H,9-14H2,(H,21,25)/p+1. The molecular weight excluding hydrogens is 321 g/mol. The Hall–Kier alpha value is -2.60. The number of hydrogen-bond donors (Lipinski definition) is 3. The molecule has 0 atom stereocenters. The van der Waals surface area contributed by atoms with Crippen molar-refractivity contribution < 1.29 is 19.2 Å². The van der Waals surface area contributed by atoms with Crippen molar-refractivity contribution in [3.05, 3.63) is 59.9 Å². The van der Waals surface area contributed by atoms with Crippen molar-refractivity contribution in [2.45, 2.75) is 6.54 Å². The Labute approximate surface area is 146 Å². The number of phenols is 1. The number of rotatable bonds is 5. The third kappa shape index (κ3) is 4.70. The molecule has 0 aromatic heterocycles. The summed E-state index contributed by atoms with van der Waals surface area (Å²) in [5.41, 5.74) is 1.59. The fraction of sp³-hybridized carbons (Fsp3) is 0.316. The average molecular weight is 344 g/mol. The summed E-state index contributed by atoms with van der Waals surface area (Å²) in [5.74, 6) is -0.0893. The van der Waals surface area contributed by atoms with Crippen LogP contribution in [0.1, 0.15) is 5.56 Å². The number of amides is 1. The molecule has 0 saturated carbocycles. The lowest BCUT2D eigenvalue weighted by molar-refractivity contribution is -0.892. The van der Waals surface area contributed by atoms with Gasteiger partial charge in [0.2, 0.25) is 0 Å². The number of benzene rings is 2. The zero-order valence-corrected chi connectivity index (χ0v) is 14.0. The number of phenolic OH excluding ortho intramolecular Hbond substituents is 1. The van der Waals surface area contributed by atoms with Gasteiger partial charge in [-0.15, -0.1) is 0 Å². The lowest BCUT2D eigenvalue weighted by Crippen LogP contribution is -3.15. The molecule has 0 unspecified atom stereocenters. The quantitative estimate of drug-likeness (QED) is 0.743. The molecule has 1 heterocycles. The van der Waals surface area contributed by atoms with Crippen LogP contribution in [-0.2, 0) is 11.3 Å².